The molecule has 1 aromatic heterocycles. The molecule has 0 bridgehead atoms. The molecule has 0 aliphatic rings. The molecule has 0 spiro atoms. The number of rotatable bonds is 7. The van der Waals surface area contributed by atoms with Gasteiger partial charge in [-0.2, -0.15) is 0 Å². The summed E-state index contributed by atoms with van der Waals surface area (Å²) >= 11 is 1.55. The van der Waals surface area contributed by atoms with Gasteiger partial charge in [0, 0.05) is 23.6 Å². The van der Waals surface area contributed by atoms with Gasteiger partial charge in [0.2, 0.25) is 0 Å². The van der Waals surface area contributed by atoms with E-state index in [2.05, 4.69) is 30.2 Å². The second-order valence-electron chi connectivity index (χ2n) is 6.21. The molecule has 0 N–H and O–H groups in total. The molecule has 0 amide bonds. The summed E-state index contributed by atoms with van der Waals surface area (Å²) in [6.45, 7) is 7.93. The van der Waals surface area contributed by atoms with E-state index in [1.807, 2.05) is 20.2 Å². The van der Waals surface area contributed by atoms with Gasteiger partial charge in [-0.1, -0.05) is 31.7 Å². The fraction of sp³-hybridized carbons (Fsp3) is 0.471. The number of hydrogen-bond acceptors (Lipinski definition) is 5. The Labute approximate surface area is 147 Å². The van der Waals surface area contributed by atoms with Crippen molar-refractivity contribution < 1.29 is 4.92 Å². The van der Waals surface area contributed by atoms with Crippen molar-refractivity contribution in [3.8, 4) is 0 Å². The summed E-state index contributed by atoms with van der Waals surface area (Å²) in [5.41, 5.74) is 1.16. The van der Waals surface area contributed by atoms with Gasteiger partial charge >= 0.3 is 0 Å². The summed E-state index contributed by atoms with van der Waals surface area (Å²) in [6, 6.07) is 6.76. The summed E-state index contributed by atoms with van der Waals surface area (Å²) in [7, 11) is 4.05. The first kappa shape index (κ1) is 18.5. The smallest absolute Gasteiger partial charge is 0.270 e. The minimum absolute atomic E-state index is 0.113. The first-order valence-corrected chi connectivity index (χ1v) is 8.81. The number of benzene rings is 1. The van der Waals surface area contributed by atoms with Crippen LogP contribution in [0.3, 0.4) is 0 Å². The molecule has 0 aliphatic heterocycles. The number of nitro groups is 1. The van der Waals surface area contributed by atoms with Crippen LogP contribution in [0, 0.1) is 10.1 Å². The summed E-state index contributed by atoms with van der Waals surface area (Å²) in [5, 5.41) is 12.1. The second-order valence-corrected chi connectivity index (χ2v) is 7.27. The lowest BCUT2D eigenvalue weighted by molar-refractivity contribution is -0.385. The molecular weight excluding hydrogens is 324 g/mol. The minimum atomic E-state index is -0.359. The molecule has 0 atom stereocenters. The monoisotopic (exact) mass is 348 g/mol. The topological polar surface area (TPSA) is 64.2 Å². The van der Waals surface area contributed by atoms with Crippen LogP contribution in [0.1, 0.15) is 38.2 Å². The van der Waals surface area contributed by atoms with Crippen LogP contribution in [-0.2, 0) is 13.1 Å². The van der Waals surface area contributed by atoms with E-state index < -0.39 is 0 Å². The average Bonchev–Trinajstić information content (AvgIpc) is 2.84. The highest BCUT2D eigenvalue weighted by Crippen LogP contribution is 2.36. The Kier molecular flexibility index (Phi) is 6.01. The van der Waals surface area contributed by atoms with Gasteiger partial charge in [-0.15, -0.1) is 0 Å². The quantitative estimate of drug-likeness (QED) is 0.555. The highest BCUT2D eigenvalue weighted by Gasteiger charge is 2.20. The fourth-order valence-corrected chi connectivity index (χ4v) is 3.77. The summed E-state index contributed by atoms with van der Waals surface area (Å²) < 4.78 is 2.21. The van der Waals surface area contributed by atoms with Crippen LogP contribution in [0.2, 0.25) is 0 Å². The third kappa shape index (κ3) is 4.15. The maximum absolute atomic E-state index is 11.0. The standard InChI is InChI=1S/C17H24N4O2S/c1-6-20-15(11-19(4)5)18-16(12(2)3)17(20)24-14-9-7-8-13(10-14)21(22)23/h7-10,12H,6,11H2,1-5H3. The third-order valence-electron chi connectivity index (χ3n) is 3.59. The molecule has 0 saturated heterocycles. The largest absolute Gasteiger partial charge is 0.322 e. The summed E-state index contributed by atoms with van der Waals surface area (Å²) in [6.07, 6.45) is 0. The Morgan fingerprint density at radius 3 is 2.62 bits per heavy atom. The first-order chi connectivity index (χ1) is 11.3. The van der Waals surface area contributed by atoms with Crippen molar-refractivity contribution in [1.82, 2.24) is 14.5 Å². The molecular formula is C17H24N4O2S. The highest BCUT2D eigenvalue weighted by atomic mass is 32.2. The second kappa shape index (κ2) is 7.81. The van der Waals surface area contributed by atoms with Gasteiger partial charge in [0.25, 0.3) is 5.69 Å². The third-order valence-corrected chi connectivity index (χ3v) is 4.70. The number of imidazole rings is 1. The van der Waals surface area contributed by atoms with Gasteiger partial charge in [-0.25, -0.2) is 4.98 Å². The molecule has 130 valence electrons. The fourth-order valence-electron chi connectivity index (χ4n) is 2.49. The van der Waals surface area contributed by atoms with E-state index in [4.69, 9.17) is 4.98 Å². The van der Waals surface area contributed by atoms with Crippen LogP contribution in [0.4, 0.5) is 5.69 Å². The zero-order chi connectivity index (χ0) is 17.9. The maximum Gasteiger partial charge on any atom is 0.270 e. The predicted octanol–water partition coefficient (Wildman–Crippen LogP) is 4.15. The SMILES string of the molecule is CCn1c(CN(C)C)nc(C(C)C)c1Sc1cccc([N+](=O)[O-])c1. The van der Waals surface area contributed by atoms with Crippen molar-refractivity contribution >= 4 is 17.4 Å². The number of hydrogen-bond donors (Lipinski definition) is 0. The van der Waals surface area contributed by atoms with E-state index in [0.29, 0.717) is 5.92 Å². The van der Waals surface area contributed by atoms with Crippen LogP contribution < -0.4 is 0 Å². The van der Waals surface area contributed by atoms with Crippen molar-refractivity contribution in [1.29, 1.82) is 0 Å². The van der Waals surface area contributed by atoms with Crippen LogP contribution in [-0.4, -0.2) is 33.5 Å². The Balaban J connectivity index is 2.46. The molecule has 0 radical (unpaired) electrons. The Morgan fingerprint density at radius 1 is 1.38 bits per heavy atom. The van der Waals surface area contributed by atoms with Crippen molar-refractivity contribution in [2.24, 2.45) is 0 Å². The van der Waals surface area contributed by atoms with Crippen molar-refractivity contribution in [3.63, 3.8) is 0 Å². The zero-order valence-electron chi connectivity index (χ0n) is 14.8. The number of non-ortho nitro benzene ring substituents is 1. The molecule has 2 aromatic rings. The van der Waals surface area contributed by atoms with E-state index in [0.717, 1.165) is 34.5 Å². The Hall–Kier alpha value is -1.86. The van der Waals surface area contributed by atoms with Gasteiger partial charge in [0.15, 0.2) is 0 Å². The van der Waals surface area contributed by atoms with Gasteiger partial charge in [-0.3, -0.25) is 10.1 Å². The van der Waals surface area contributed by atoms with Crippen LogP contribution in [0.5, 0.6) is 0 Å². The summed E-state index contributed by atoms with van der Waals surface area (Å²) in [5.74, 6) is 1.32. The lowest BCUT2D eigenvalue weighted by Crippen LogP contribution is -2.15. The van der Waals surface area contributed by atoms with E-state index in [9.17, 15) is 10.1 Å². The number of nitro benzene ring substituents is 1. The Bertz CT molecular complexity index is 725. The molecule has 1 heterocycles. The zero-order valence-corrected chi connectivity index (χ0v) is 15.6. The van der Waals surface area contributed by atoms with E-state index in [-0.39, 0.29) is 10.6 Å². The average molecular weight is 348 g/mol. The molecule has 24 heavy (non-hydrogen) atoms. The van der Waals surface area contributed by atoms with Gasteiger partial charge < -0.3 is 9.47 Å². The van der Waals surface area contributed by atoms with Crippen molar-refractivity contribution in [3.05, 3.63) is 45.9 Å². The van der Waals surface area contributed by atoms with E-state index in [1.54, 1.807) is 23.9 Å². The van der Waals surface area contributed by atoms with E-state index in [1.165, 1.54) is 6.07 Å². The molecule has 0 unspecified atom stereocenters. The lowest BCUT2D eigenvalue weighted by atomic mass is 10.1. The normalized spacial score (nSPS) is 11.5. The minimum Gasteiger partial charge on any atom is -0.322 e. The predicted molar refractivity (Wildman–Crippen MR) is 96.6 cm³/mol. The summed E-state index contributed by atoms with van der Waals surface area (Å²) in [4.78, 5) is 18.4. The molecule has 0 saturated carbocycles. The molecule has 0 aliphatic carbocycles. The maximum atomic E-state index is 11.0. The van der Waals surface area contributed by atoms with Gasteiger partial charge in [0.1, 0.15) is 10.9 Å². The molecule has 1 aromatic carbocycles. The van der Waals surface area contributed by atoms with E-state index >= 15 is 0 Å². The highest BCUT2D eigenvalue weighted by molar-refractivity contribution is 7.99. The van der Waals surface area contributed by atoms with Gasteiger partial charge in [-0.05, 0) is 33.0 Å². The first-order valence-electron chi connectivity index (χ1n) is 7.99. The number of aromatic nitrogens is 2. The van der Waals surface area contributed by atoms with Crippen LogP contribution in [0.25, 0.3) is 0 Å². The van der Waals surface area contributed by atoms with Gasteiger partial charge in [0.05, 0.1) is 17.2 Å². The molecule has 6 nitrogen and oxygen atoms in total. The van der Waals surface area contributed by atoms with Crippen LogP contribution >= 0.6 is 11.8 Å². The number of nitrogens with zero attached hydrogens (tertiary/aromatic N) is 4. The lowest BCUT2D eigenvalue weighted by Gasteiger charge is -2.13. The van der Waals surface area contributed by atoms with Crippen molar-refractivity contribution in [2.45, 2.75) is 49.7 Å². The molecule has 2 rings (SSSR count). The molecule has 7 heteroatoms. The molecule has 0 fully saturated rings. The van der Waals surface area contributed by atoms with Crippen LogP contribution in [0.15, 0.2) is 34.2 Å². The Morgan fingerprint density at radius 2 is 2.08 bits per heavy atom. The van der Waals surface area contributed by atoms with Crippen molar-refractivity contribution in [2.75, 3.05) is 14.1 Å².